The Morgan fingerprint density at radius 3 is 1.61 bits per heavy atom. The second kappa shape index (κ2) is 9.60. The molecule has 2 amide bonds. The van der Waals surface area contributed by atoms with E-state index < -0.39 is 35.4 Å². The molecule has 0 saturated heterocycles. The molecule has 0 radical (unpaired) electrons. The van der Waals surface area contributed by atoms with E-state index in [1.165, 1.54) is 12.1 Å². The molecule has 0 atom stereocenters. The number of nitrogens with one attached hydrogen (secondary N) is 2. The van der Waals surface area contributed by atoms with Crippen molar-refractivity contribution in [2.45, 2.75) is 12.0 Å². The Balaban J connectivity index is 1.70. The molecule has 0 unspecified atom stereocenters. The number of hydrogen-bond acceptors (Lipinski definition) is 5. The first-order valence-corrected chi connectivity index (χ1v) is 9.48. The van der Waals surface area contributed by atoms with Crippen molar-refractivity contribution in [3.63, 3.8) is 0 Å². The fourth-order valence-electron chi connectivity index (χ4n) is 3.01. The van der Waals surface area contributed by atoms with Gasteiger partial charge in [-0.1, -0.05) is 91.0 Å². The van der Waals surface area contributed by atoms with Crippen LogP contribution in [0.2, 0.25) is 0 Å². The number of Topliss-reactive ketones (excluding diaryl/α,β-unsaturated/α-hetero) is 2. The van der Waals surface area contributed by atoms with Gasteiger partial charge in [-0.15, -0.1) is 0 Å². The molecule has 7 nitrogen and oxygen atoms in total. The molecule has 3 aromatic carbocycles. The summed E-state index contributed by atoms with van der Waals surface area (Å²) in [6.45, 7) is 0. The highest BCUT2D eigenvalue weighted by molar-refractivity contribution is 6.40. The zero-order valence-electron chi connectivity index (χ0n) is 16.4. The van der Waals surface area contributed by atoms with E-state index >= 15 is 0 Å². The Morgan fingerprint density at radius 1 is 0.677 bits per heavy atom. The Labute approximate surface area is 178 Å². The summed E-state index contributed by atoms with van der Waals surface area (Å²) in [6, 6.07) is 24.5. The van der Waals surface area contributed by atoms with Crippen LogP contribution in [-0.4, -0.2) is 28.5 Å². The fourth-order valence-corrected chi connectivity index (χ4v) is 3.01. The second-order valence-electron chi connectivity index (χ2n) is 6.74. The van der Waals surface area contributed by atoms with E-state index in [1.807, 2.05) is 5.43 Å². The van der Waals surface area contributed by atoms with Crippen LogP contribution in [-0.2, 0) is 20.0 Å². The van der Waals surface area contributed by atoms with Crippen molar-refractivity contribution in [2.75, 3.05) is 0 Å². The smallest absolute Gasteiger partial charge is 0.306 e. The van der Waals surface area contributed by atoms with E-state index in [2.05, 4.69) is 5.43 Å². The predicted octanol–water partition coefficient (Wildman–Crippen LogP) is 1.91. The average Bonchev–Trinajstić information content (AvgIpc) is 2.83. The number of ketones is 2. The van der Waals surface area contributed by atoms with Crippen molar-refractivity contribution < 1.29 is 24.3 Å². The quantitative estimate of drug-likeness (QED) is 0.236. The molecule has 3 N–H and O–H groups in total. The highest BCUT2D eigenvalue weighted by atomic mass is 16.3. The van der Waals surface area contributed by atoms with Crippen LogP contribution in [0.25, 0.3) is 0 Å². The average molecular weight is 416 g/mol. The maximum Gasteiger partial charge on any atom is 0.306 e. The fraction of sp³-hybridized carbons (Fsp3) is 0.0833. The molecule has 0 aliphatic heterocycles. The summed E-state index contributed by atoms with van der Waals surface area (Å²) in [7, 11) is 0. The maximum atomic E-state index is 12.9. The summed E-state index contributed by atoms with van der Waals surface area (Å²) in [5.74, 6) is -3.66. The summed E-state index contributed by atoms with van der Waals surface area (Å²) in [5.41, 5.74) is 2.82. The summed E-state index contributed by atoms with van der Waals surface area (Å²) < 4.78 is 0. The first-order chi connectivity index (χ1) is 14.9. The van der Waals surface area contributed by atoms with Crippen molar-refractivity contribution >= 4 is 23.4 Å². The van der Waals surface area contributed by atoms with E-state index in [4.69, 9.17) is 0 Å². The third-order valence-corrected chi connectivity index (χ3v) is 4.67. The van der Waals surface area contributed by atoms with Crippen LogP contribution in [0.4, 0.5) is 0 Å². The zero-order valence-corrected chi connectivity index (χ0v) is 16.4. The Kier molecular flexibility index (Phi) is 6.69. The van der Waals surface area contributed by atoms with Gasteiger partial charge in [-0.2, -0.15) is 0 Å². The first kappa shape index (κ1) is 21.6. The van der Waals surface area contributed by atoms with Crippen molar-refractivity contribution in [2.24, 2.45) is 0 Å². The molecule has 3 aromatic rings. The number of carbonyl (C=O) groups is 4. The molecular weight excluding hydrogens is 396 g/mol. The summed E-state index contributed by atoms with van der Waals surface area (Å²) in [4.78, 5) is 49.2. The van der Waals surface area contributed by atoms with Gasteiger partial charge in [0.05, 0.1) is 6.42 Å². The van der Waals surface area contributed by atoms with Crippen LogP contribution in [0.3, 0.4) is 0 Å². The normalized spacial score (nSPS) is 10.7. The van der Waals surface area contributed by atoms with Crippen LogP contribution in [0, 0.1) is 0 Å². The van der Waals surface area contributed by atoms with Gasteiger partial charge in [-0.25, -0.2) is 0 Å². The minimum absolute atomic E-state index is 0.276. The third-order valence-electron chi connectivity index (χ3n) is 4.67. The first-order valence-electron chi connectivity index (χ1n) is 9.48. The molecule has 0 aliphatic rings. The van der Waals surface area contributed by atoms with Crippen LogP contribution >= 0.6 is 0 Å². The molecule has 31 heavy (non-hydrogen) atoms. The lowest BCUT2D eigenvalue weighted by atomic mass is 9.85. The van der Waals surface area contributed by atoms with E-state index in [-0.39, 0.29) is 11.1 Å². The number of aliphatic hydroxyl groups is 1. The van der Waals surface area contributed by atoms with E-state index in [0.29, 0.717) is 5.56 Å². The van der Waals surface area contributed by atoms with Gasteiger partial charge in [0.15, 0.2) is 11.4 Å². The molecule has 0 saturated carbocycles. The number of hydrogen-bond donors (Lipinski definition) is 3. The highest BCUT2D eigenvalue weighted by Gasteiger charge is 2.40. The van der Waals surface area contributed by atoms with Crippen molar-refractivity contribution in [1.82, 2.24) is 10.9 Å². The monoisotopic (exact) mass is 416 g/mol. The molecule has 3 rings (SSSR count). The van der Waals surface area contributed by atoms with Gasteiger partial charge in [-0.05, 0) is 11.1 Å². The van der Waals surface area contributed by atoms with Gasteiger partial charge in [0.1, 0.15) is 0 Å². The molecule has 0 bridgehead atoms. The molecule has 0 aromatic heterocycles. The minimum atomic E-state index is -2.11. The van der Waals surface area contributed by atoms with E-state index in [9.17, 15) is 24.3 Å². The topological polar surface area (TPSA) is 113 Å². The van der Waals surface area contributed by atoms with Gasteiger partial charge in [-0.3, -0.25) is 30.0 Å². The summed E-state index contributed by atoms with van der Waals surface area (Å²) in [5, 5.41) is 11.3. The second-order valence-corrected chi connectivity index (χ2v) is 6.74. The third kappa shape index (κ3) is 4.91. The number of hydrazine groups is 1. The summed E-state index contributed by atoms with van der Waals surface area (Å²) >= 11 is 0. The molecule has 0 spiro atoms. The lowest BCUT2D eigenvalue weighted by molar-refractivity contribution is -0.143. The number of carbonyl (C=O) groups excluding carboxylic acids is 4. The van der Waals surface area contributed by atoms with E-state index in [1.54, 1.807) is 78.9 Å². The molecule has 156 valence electrons. The number of benzene rings is 3. The predicted molar refractivity (Wildman–Crippen MR) is 113 cm³/mol. The van der Waals surface area contributed by atoms with Crippen LogP contribution in [0.5, 0.6) is 0 Å². The number of amides is 2. The van der Waals surface area contributed by atoms with Crippen molar-refractivity contribution in [3.05, 3.63) is 108 Å². The maximum absolute atomic E-state index is 12.9. The molecular formula is C24H20N2O5. The Bertz CT molecular complexity index is 1040. The highest BCUT2D eigenvalue weighted by Crippen LogP contribution is 2.29. The van der Waals surface area contributed by atoms with Crippen LogP contribution < -0.4 is 10.9 Å². The van der Waals surface area contributed by atoms with Crippen LogP contribution in [0.15, 0.2) is 91.0 Å². The van der Waals surface area contributed by atoms with E-state index in [0.717, 1.165) is 0 Å². The molecule has 0 heterocycles. The summed E-state index contributed by atoms with van der Waals surface area (Å²) in [6.07, 6.45) is -0.645. The van der Waals surface area contributed by atoms with Gasteiger partial charge in [0.25, 0.3) is 5.91 Å². The SMILES string of the molecule is O=C(CC(=O)c1ccccc1)C(=O)NNC(=O)C(O)(c1ccccc1)c1ccccc1. The molecule has 0 fully saturated rings. The molecule has 0 aliphatic carbocycles. The zero-order chi connectivity index (χ0) is 22.3. The van der Waals surface area contributed by atoms with Gasteiger partial charge >= 0.3 is 5.91 Å². The lowest BCUT2D eigenvalue weighted by Crippen LogP contribution is -2.53. The van der Waals surface area contributed by atoms with Crippen molar-refractivity contribution in [3.8, 4) is 0 Å². The Hall–Kier alpha value is -4.10. The lowest BCUT2D eigenvalue weighted by Gasteiger charge is -2.28. The van der Waals surface area contributed by atoms with Gasteiger partial charge in [0.2, 0.25) is 5.78 Å². The van der Waals surface area contributed by atoms with Gasteiger partial charge < -0.3 is 5.11 Å². The van der Waals surface area contributed by atoms with Crippen LogP contribution in [0.1, 0.15) is 27.9 Å². The largest absolute Gasteiger partial charge is 0.372 e. The standard InChI is InChI=1S/C24H20N2O5/c27-20(17-10-4-1-5-11-17)16-21(28)22(29)25-26-23(30)24(31,18-12-6-2-7-13-18)19-14-8-3-9-15-19/h1-15,31H,16H2,(H,25,29)(H,26,30). The minimum Gasteiger partial charge on any atom is -0.372 e. The van der Waals surface area contributed by atoms with Crippen molar-refractivity contribution in [1.29, 1.82) is 0 Å². The Morgan fingerprint density at radius 2 is 1.13 bits per heavy atom. The number of rotatable bonds is 7. The van der Waals surface area contributed by atoms with Gasteiger partial charge in [0, 0.05) is 5.56 Å². The molecule has 7 heteroatoms.